The van der Waals surface area contributed by atoms with Gasteiger partial charge in [-0.3, -0.25) is 9.59 Å². The van der Waals surface area contributed by atoms with Crippen LogP contribution in [0.25, 0.3) is 0 Å². The molecule has 0 spiro atoms. The number of ether oxygens (including phenoxy) is 1. The first kappa shape index (κ1) is 21.3. The molecule has 1 unspecified atom stereocenters. The lowest BCUT2D eigenvalue weighted by Gasteiger charge is -2.14. The van der Waals surface area contributed by atoms with Crippen molar-refractivity contribution in [3.63, 3.8) is 0 Å². The molecular weight excluding hydrogens is 354 g/mol. The SMILES string of the molecule is CCC(=O)Nc1cccc(NCC(=O)Nc2ccc(OC(C)CC)cc2)c1C. The maximum Gasteiger partial charge on any atom is 0.243 e. The van der Waals surface area contributed by atoms with Crippen molar-refractivity contribution in [1.29, 1.82) is 0 Å². The van der Waals surface area contributed by atoms with E-state index in [9.17, 15) is 9.59 Å². The molecular formula is C22H29N3O3. The second-order valence-electron chi connectivity index (χ2n) is 6.64. The zero-order chi connectivity index (χ0) is 20.5. The summed E-state index contributed by atoms with van der Waals surface area (Å²) in [6, 6.07) is 12.9. The van der Waals surface area contributed by atoms with Crippen LogP contribution in [-0.2, 0) is 9.59 Å². The Morgan fingerprint density at radius 1 is 0.964 bits per heavy atom. The first-order valence-electron chi connectivity index (χ1n) is 9.62. The predicted molar refractivity (Wildman–Crippen MR) is 114 cm³/mol. The minimum atomic E-state index is -0.155. The van der Waals surface area contributed by atoms with Crippen molar-refractivity contribution in [3.8, 4) is 5.75 Å². The first-order chi connectivity index (χ1) is 13.4. The molecule has 0 aliphatic heterocycles. The van der Waals surface area contributed by atoms with Crippen LogP contribution in [0.4, 0.5) is 17.1 Å². The second kappa shape index (κ2) is 10.3. The van der Waals surface area contributed by atoms with Gasteiger partial charge in [-0.2, -0.15) is 0 Å². The maximum absolute atomic E-state index is 12.2. The molecule has 2 aromatic rings. The molecule has 0 heterocycles. The molecule has 0 aliphatic carbocycles. The van der Waals surface area contributed by atoms with Crippen LogP contribution in [0.15, 0.2) is 42.5 Å². The highest BCUT2D eigenvalue weighted by molar-refractivity contribution is 5.95. The van der Waals surface area contributed by atoms with Gasteiger partial charge in [0.15, 0.2) is 0 Å². The van der Waals surface area contributed by atoms with E-state index in [0.717, 1.165) is 29.1 Å². The lowest BCUT2D eigenvalue weighted by atomic mass is 10.1. The van der Waals surface area contributed by atoms with Crippen LogP contribution in [0, 0.1) is 6.92 Å². The van der Waals surface area contributed by atoms with E-state index in [1.54, 1.807) is 6.92 Å². The quantitative estimate of drug-likeness (QED) is 0.592. The van der Waals surface area contributed by atoms with Gasteiger partial charge in [0.2, 0.25) is 11.8 Å². The monoisotopic (exact) mass is 383 g/mol. The molecule has 0 bridgehead atoms. The topological polar surface area (TPSA) is 79.5 Å². The van der Waals surface area contributed by atoms with E-state index in [1.807, 2.05) is 56.3 Å². The summed E-state index contributed by atoms with van der Waals surface area (Å²) >= 11 is 0. The summed E-state index contributed by atoms with van der Waals surface area (Å²) < 4.78 is 5.73. The highest BCUT2D eigenvalue weighted by Gasteiger charge is 2.08. The Labute approximate surface area is 166 Å². The average Bonchev–Trinajstić information content (AvgIpc) is 2.69. The fraction of sp³-hybridized carbons (Fsp3) is 0.364. The highest BCUT2D eigenvalue weighted by atomic mass is 16.5. The zero-order valence-corrected chi connectivity index (χ0v) is 17.0. The number of carbonyl (C=O) groups is 2. The summed E-state index contributed by atoms with van der Waals surface area (Å²) in [5.41, 5.74) is 3.16. The zero-order valence-electron chi connectivity index (χ0n) is 17.0. The van der Waals surface area contributed by atoms with Crippen LogP contribution in [0.5, 0.6) is 5.75 Å². The Bertz CT molecular complexity index is 803. The van der Waals surface area contributed by atoms with E-state index in [0.29, 0.717) is 12.1 Å². The number of rotatable bonds is 9. The van der Waals surface area contributed by atoms with Crippen LogP contribution in [-0.4, -0.2) is 24.5 Å². The smallest absolute Gasteiger partial charge is 0.243 e. The molecule has 0 aliphatic rings. The third-order valence-electron chi connectivity index (χ3n) is 4.42. The fourth-order valence-corrected chi connectivity index (χ4v) is 2.51. The second-order valence-corrected chi connectivity index (χ2v) is 6.64. The van der Waals surface area contributed by atoms with Crippen LogP contribution in [0.1, 0.15) is 39.2 Å². The average molecular weight is 383 g/mol. The summed E-state index contributed by atoms with van der Waals surface area (Å²) in [4.78, 5) is 23.9. The van der Waals surface area contributed by atoms with Crippen molar-refractivity contribution >= 4 is 28.9 Å². The van der Waals surface area contributed by atoms with Crippen molar-refractivity contribution < 1.29 is 14.3 Å². The van der Waals surface area contributed by atoms with E-state index < -0.39 is 0 Å². The van der Waals surface area contributed by atoms with Gasteiger partial charge in [-0.15, -0.1) is 0 Å². The van der Waals surface area contributed by atoms with Gasteiger partial charge in [0, 0.05) is 23.5 Å². The van der Waals surface area contributed by atoms with Gasteiger partial charge in [0.05, 0.1) is 12.6 Å². The number of benzene rings is 2. The summed E-state index contributed by atoms with van der Waals surface area (Å²) in [6.07, 6.45) is 1.51. The van der Waals surface area contributed by atoms with Crippen LogP contribution >= 0.6 is 0 Å². The number of hydrogen-bond acceptors (Lipinski definition) is 4. The fourth-order valence-electron chi connectivity index (χ4n) is 2.51. The van der Waals surface area contributed by atoms with Crippen molar-refractivity contribution in [2.45, 2.75) is 46.6 Å². The molecule has 0 radical (unpaired) electrons. The standard InChI is InChI=1S/C22H29N3O3/c1-5-15(3)28-18-12-10-17(11-13-18)24-22(27)14-23-19-8-7-9-20(16(19)4)25-21(26)6-2/h7-13,15,23H,5-6,14H2,1-4H3,(H,24,27)(H,25,26). The normalized spacial score (nSPS) is 11.4. The maximum atomic E-state index is 12.2. The van der Waals surface area contributed by atoms with E-state index in [2.05, 4.69) is 22.9 Å². The van der Waals surface area contributed by atoms with Crippen LogP contribution < -0.4 is 20.7 Å². The van der Waals surface area contributed by atoms with E-state index in [1.165, 1.54) is 0 Å². The van der Waals surface area contributed by atoms with Crippen molar-refractivity contribution in [3.05, 3.63) is 48.0 Å². The minimum absolute atomic E-state index is 0.0428. The van der Waals surface area contributed by atoms with Gasteiger partial charge >= 0.3 is 0 Å². The Kier molecular flexibility index (Phi) is 7.87. The molecule has 3 N–H and O–H groups in total. The molecule has 0 fully saturated rings. The molecule has 0 saturated carbocycles. The molecule has 28 heavy (non-hydrogen) atoms. The van der Waals surface area contributed by atoms with Gasteiger partial charge in [-0.25, -0.2) is 0 Å². The van der Waals surface area contributed by atoms with Crippen molar-refractivity contribution in [1.82, 2.24) is 0 Å². The predicted octanol–water partition coefficient (Wildman–Crippen LogP) is 4.57. The largest absolute Gasteiger partial charge is 0.491 e. The van der Waals surface area contributed by atoms with Crippen LogP contribution in [0.2, 0.25) is 0 Å². The van der Waals surface area contributed by atoms with Gasteiger partial charge in [-0.1, -0.05) is 19.9 Å². The molecule has 2 rings (SSSR count). The van der Waals surface area contributed by atoms with Gasteiger partial charge in [0.1, 0.15) is 5.75 Å². The van der Waals surface area contributed by atoms with Crippen molar-refractivity contribution in [2.75, 3.05) is 22.5 Å². The molecule has 2 amide bonds. The lowest BCUT2D eigenvalue weighted by Crippen LogP contribution is -2.22. The van der Waals surface area contributed by atoms with E-state index in [-0.39, 0.29) is 24.5 Å². The number of carbonyl (C=O) groups excluding carboxylic acids is 2. The van der Waals surface area contributed by atoms with Crippen LogP contribution in [0.3, 0.4) is 0 Å². The molecule has 6 nitrogen and oxygen atoms in total. The summed E-state index contributed by atoms with van der Waals surface area (Å²) in [5, 5.41) is 8.84. The van der Waals surface area contributed by atoms with E-state index >= 15 is 0 Å². The van der Waals surface area contributed by atoms with Crippen molar-refractivity contribution in [2.24, 2.45) is 0 Å². The Balaban J connectivity index is 1.90. The number of hydrogen-bond donors (Lipinski definition) is 3. The number of amides is 2. The van der Waals surface area contributed by atoms with Gasteiger partial charge in [-0.05, 0) is 62.2 Å². The molecule has 2 aromatic carbocycles. The first-order valence-corrected chi connectivity index (χ1v) is 9.62. The highest BCUT2D eigenvalue weighted by Crippen LogP contribution is 2.23. The summed E-state index contributed by atoms with van der Waals surface area (Å²) in [5.74, 6) is 0.587. The lowest BCUT2D eigenvalue weighted by molar-refractivity contribution is -0.116. The minimum Gasteiger partial charge on any atom is -0.491 e. The van der Waals surface area contributed by atoms with Gasteiger partial charge in [0.25, 0.3) is 0 Å². The Hall–Kier alpha value is -3.02. The molecule has 0 saturated heterocycles. The Morgan fingerprint density at radius 2 is 1.64 bits per heavy atom. The molecule has 150 valence electrons. The number of anilines is 3. The number of nitrogens with one attached hydrogen (secondary N) is 3. The third-order valence-corrected chi connectivity index (χ3v) is 4.42. The molecule has 0 aromatic heterocycles. The summed E-state index contributed by atoms with van der Waals surface area (Å²) in [6.45, 7) is 7.92. The van der Waals surface area contributed by atoms with Gasteiger partial charge < -0.3 is 20.7 Å². The van der Waals surface area contributed by atoms with E-state index in [4.69, 9.17) is 4.74 Å². The molecule has 6 heteroatoms. The summed E-state index contributed by atoms with van der Waals surface area (Å²) in [7, 11) is 0. The third kappa shape index (κ3) is 6.30. The molecule has 1 atom stereocenters. The Morgan fingerprint density at radius 3 is 2.29 bits per heavy atom.